The fourth-order valence-electron chi connectivity index (χ4n) is 2.70. The number of carbonyl (C=O) groups is 1. The average molecular weight is 354 g/mol. The molecule has 0 radical (unpaired) electrons. The summed E-state index contributed by atoms with van der Waals surface area (Å²) in [6.07, 6.45) is 0. The Labute approximate surface area is 149 Å². The Kier molecular flexibility index (Phi) is 5.02. The molecule has 0 aliphatic heterocycles. The van der Waals surface area contributed by atoms with Crippen LogP contribution in [-0.2, 0) is 11.3 Å². The number of amides is 1. The molecular weight excluding hydrogens is 335 g/mol. The number of hydrogen-bond donors (Lipinski definition) is 2. The zero-order chi connectivity index (χ0) is 18.7. The maximum Gasteiger partial charge on any atom is 0.336 e. The third-order valence-corrected chi connectivity index (χ3v) is 4.12. The van der Waals surface area contributed by atoms with Crippen molar-refractivity contribution in [3.8, 4) is 0 Å². The molecule has 26 heavy (non-hydrogen) atoms. The smallest absolute Gasteiger partial charge is 0.336 e. The Bertz CT molecular complexity index is 1030. The first-order valence-corrected chi connectivity index (χ1v) is 8.22. The lowest BCUT2D eigenvalue weighted by Crippen LogP contribution is -2.29. The Balaban J connectivity index is 1.59. The summed E-state index contributed by atoms with van der Waals surface area (Å²) in [4.78, 5) is 23.5. The fourth-order valence-corrected chi connectivity index (χ4v) is 2.70. The van der Waals surface area contributed by atoms with Gasteiger partial charge in [0.1, 0.15) is 11.4 Å². The maximum atomic E-state index is 13.2. The van der Waals surface area contributed by atoms with Gasteiger partial charge < -0.3 is 15.1 Å². The highest BCUT2D eigenvalue weighted by atomic mass is 19.1. The molecule has 1 aromatic heterocycles. The summed E-state index contributed by atoms with van der Waals surface area (Å²) in [7, 11) is 0. The average Bonchev–Trinajstić information content (AvgIpc) is 2.60. The number of hydrogen-bond acceptors (Lipinski definition) is 4. The number of rotatable bonds is 5. The molecule has 0 saturated carbocycles. The van der Waals surface area contributed by atoms with Crippen LogP contribution in [0.3, 0.4) is 0 Å². The second-order valence-electron chi connectivity index (χ2n) is 6.17. The quantitative estimate of drug-likeness (QED) is 0.690. The molecule has 3 rings (SSSR count). The highest BCUT2D eigenvalue weighted by molar-refractivity contribution is 5.85. The minimum absolute atomic E-state index is 0.0712. The molecule has 0 aliphatic carbocycles. The lowest BCUT2D eigenvalue weighted by atomic mass is 10.1. The van der Waals surface area contributed by atoms with Crippen molar-refractivity contribution in [3.05, 3.63) is 75.4 Å². The normalized spacial score (nSPS) is 10.7. The minimum atomic E-state index is -0.403. The topological polar surface area (TPSA) is 71.3 Å². The predicted octanol–water partition coefficient (Wildman–Crippen LogP) is 3.28. The van der Waals surface area contributed by atoms with Crippen molar-refractivity contribution in [3.63, 3.8) is 0 Å². The SMILES string of the molecule is Cc1cc(CNC(=O)CNc2ccc3c(C)cc(=O)oc3c2)ccc1F. The Morgan fingerprint density at radius 2 is 1.88 bits per heavy atom. The molecule has 1 amide bonds. The van der Waals surface area contributed by atoms with Gasteiger partial charge in [0.2, 0.25) is 5.91 Å². The first-order chi connectivity index (χ1) is 12.4. The molecule has 6 heteroatoms. The van der Waals surface area contributed by atoms with Crippen LogP contribution in [0.4, 0.5) is 10.1 Å². The van der Waals surface area contributed by atoms with Crippen LogP contribution in [-0.4, -0.2) is 12.5 Å². The summed E-state index contributed by atoms with van der Waals surface area (Å²) in [6.45, 7) is 3.92. The van der Waals surface area contributed by atoms with Crippen LogP contribution in [0.5, 0.6) is 0 Å². The zero-order valence-electron chi connectivity index (χ0n) is 14.6. The molecule has 2 aromatic carbocycles. The summed E-state index contributed by atoms with van der Waals surface area (Å²) >= 11 is 0. The number of halogens is 1. The standard InChI is InChI=1S/C20H19FN2O3/c1-12-8-20(25)26-18-9-15(4-5-16(12)18)22-11-19(24)23-10-14-3-6-17(21)13(2)7-14/h3-9,22H,10-11H2,1-2H3,(H,23,24). The van der Waals surface area contributed by atoms with Gasteiger partial charge in [0.25, 0.3) is 0 Å². The van der Waals surface area contributed by atoms with Crippen LogP contribution in [0.2, 0.25) is 0 Å². The van der Waals surface area contributed by atoms with Gasteiger partial charge in [-0.3, -0.25) is 4.79 Å². The summed E-state index contributed by atoms with van der Waals surface area (Å²) in [6, 6.07) is 11.5. The van der Waals surface area contributed by atoms with Gasteiger partial charge in [0, 0.05) is 29.8 Å². The predicted molar refractivity (Wildman–Crippen MR) is 98.7 cm³/mol. The van der Waals surface area contributed by atoms with Crippen molar-refractivity contribution in [2.75, 3.05) is 11.9 Å². The molecule has 0 unspecified atom stereocenters. The van der Waals surface area contributed by atoms with Crippen molar-refractivity contribution in [2.24, 2.45) is 0 Å². The molecule has 2 N–H and O–H groups in total. The molecular formula is C20H19FN2O3. The molecule has 1 heterocycles. The summed E-state index contributed by atoms with van der Waals surface area (Å²) in [5.74, 6) is -0.460. The van der Waals surface area contributed by atoms with Gasteiger partial charge in [-0.2, -0.15) is 0 Å². The molecule has 5 nitrogen and oxygen atoms in total. The highest BCUT2D eigenvalue weighted by Gasteiger charge is 2.06. The fraction of sp³-hybridized carbons (Fsp3) is 0.200. The van der Waals surface area contributed by atoms with Crippen molar-refractivity contribution in [2.45, 2.75) is 20.4 Å². The Morgan fingerprint density at radius 1 is 1.08 bits per heavy atom. The Morgan fingerprint density at radius 3 is 2.65 bits per heavy atom. The zero-order valence-corrected chi connectivity index (χ0v) is 14.6. The molecule has 0 spiro atoms. The maximum absolute atomic E-state index is 13.2. The summed E-state index contributed by atoms with van der Waals surface area (Å²) in [5, 5.41) is 6.63. The van der Waals surface area contributed by atoms with Crippen LogP contribution in [0.25, 0.3) is 11.0 Å². The van der Waals surface area contributed by atoms with Gasteiger partial charge in [0.05, 0.1) is 6.54 Å². The molecule has 3 aromatic rings. The van der Waals surface area contributed by atoms with Crippen molar-refractivity contribution < 1.29 is 13.6 Å². The largest absolute Gasteiger partial charge is 0.423 e. The number of benzene rings is 2. The summed E-state index contributed by atoms with van der Waals surface area (Å²) in [5.41, 5.74) is 2.97. The van der Waals surface area contributed by atoms with E-state index in [-0.39, 0.29) is 18.3 Å². The van der Waals surface area contributed by atoms with E-state index in [1.165, 1.54) is 12.1 Å². The molecule has 0 saturated heterocycles. The van der Waals surface area contributed by atoms with Gasteiger partial charge in [-0.25, -0.2) is 9.18 Å². The van der Waals surface area contributed by atoms with Crippen LogP contribution < -0.4 is 16.3 Å². The van der Waals surface area contributed by atoms with Gasteiger partial charge in [-0.05, 0) is 48.7 Å². The first kappa shape index (κ1) is 17.7. The van der Waals surface area contributed by atoms with Gasteiger partial charge in [-0.15, -0.1) is 0 Å². The van der Waals surface area contributed by atoms with Gasteiger partial charge in [-0.1, -0.05) is 12.1 Å². The number of nitrogens with one attached hydrogen (secondary N) is 2. The van der Waals surface area contributed by atoms with Crippen LogP contribution in [0.15, 0.2) is 51.7 Å². The molecule has 0 bridgehead atoms. The van der Waals surface area contributed by atoms with E-state index >= 15 is 0 Å². The van der Waals surface area contributed by atoms with E-state index in [4.69, 9.17) is 4.42 Å². The number of carbonyl (C=O) groups excluding carboxylic acids is 1. The van der Waals surface area contributed by atoms with Crippen molar-refractivity contribution in [1.29, 1.82) is 0 Å². The second-order valence-corrected chi connectivity index (χ2v) is 6.17. The van der Waals surface area contributed by atoms with E-state index in [2.05, 4.69) is 10.6 Å². The lowest BCUT2D eigenvalue weighted by molar-refractivity contribution is -0.119. The molecule has 134 valence electrons. The van der Waals surface area contributed by atoms with Gasteiger partial charge >= 0.3 is 5.63 Å². The van der Waals surface area contributed by atoms with Crippen LogP contribution in [0.1, 0.15) is 16.7 Å². The van der Waals surface area contributed by atoms with E-state index in [9.17, 15) is 14.0 Å². The first-order valence-electron chi connectivity index (χ1n) is 8.22. The third kappa shape index (κ3) is 4.08. The summed E-state index contributed by atoms with van der Waals surface area (Å²) < 4.78 is 18.4. The minimum Gasteiger partial charge on any atom is -0.423 e. The van der Waals surface area contributed by atoms with E-state index < -0.39 is 5.63 Å². The molecule has 0 atom stereocenters. The van der Waals surface area contributed by atoms with Crippen LogP contribution >= 0.6 is 0 Å². The van der Waals surface area contributed by atoms with E-state index in [1.807, 2.05) is 19.1 Å². The van der Waals surface area contributed by atoms with Crippen molar-refractivity contribution in [1.82, 2.24) is 5.32 Å². The lowest BCUT2D eigenvalue weighted by Gasteiger charge is -2.09. The van der Waals surface area contributed by atoms with E-state index in [0.29, 0.717) is 23.4 Å². The van der Waals surface area contributed by atoms with Gasteiger partial charge in [0.15, 0.2) is 0 Å². The molecule has 0 aliphatic rings. The highest BCUT2D eigenvalue weighted by Crippen LogP contribution is 2.20. The van der Waals surface area contributed by atoms with Crippen LogP contribution in [0, 0.1) is 19.7 Å². The van der Waals surface area contributed by atoms with Crippen molar-refractivity contribution >= 4 is 22.6 Å². The van der Waals surface area contributed by atoms with E-state index in [1.54, 1.807) is 25.1 Å². The number of fused-ring (bicyclic) bond motifs is 1. The third-order valence-electron chi connectivity index (χ3n) is 4.12. The number of aryl methyl sites for hydroxylation is 2. The van der Waals surface area contributed by atoms with E-state index in [0.717, 1.165) is 16.5 Å². The Hall–Kier alpha value is -3.15. The number of anilines is 1. The second kappa shape index (κ2) is 7.39. The molecule has 0 fully saturated rings. The monoisotopic (exact) mass is 354 g/mol.